The van der Waals surface area contributed by atoms with Crippen LogP contribution < -0.4 is 5.32 Å². The highest BCUT2D eigenvalue weighted by atomic mass is 32.1. The molecule has 0 atom stereocenters. The summed E-state index contributed by atoms with van der Waals surface area (Å²) in [6.45, 7) is 1.64. The second-order valence-corrected chi connectivity index (χ2v) is 7.12. The number of nitro groups is 1. The number of carbonyl (C=O) groups is 1. The number of aromatic nitrogens is 3. The number of rotatable bonds is 5. The SMILES string of the molecule is Cc1ccc(NC(=O)c2csc(-c3cnn(-c4ccccc4)c3)n2)cc1[N+](=O)[O-]. The van der Waals surface area contributed by atoms with Crippen LogP contribution in [0.1, 0.15) is 16.1 Å². The Morgan fingerprint density at radius 2 is 2.00 bits per heavy atom. The van der Waals surface area contributed by atoms with Crippen LogP contribution in [0.4, 0.5) is 11.4 Å². The molecule has 2 heterocycles. The molecule has 9 heteroatoms. The fourth-order valence-electron chi connectivity index (χ4n) is 2.74. The van der Waals surface area contributed by atoms with Crippen molar-refractivity contribution < 1.29 is 9.72 Å². The molecule has 0 radical (unpaired) electrons. The minimum atomic E-state index is -0.476. The Hall–Kier alpha value is -3.85. The third-order valence-electron chi connectivity index (χ3n) is 4.25. The molecule has 2 aromatic heterocycles. The third-order valence-corrected chi connectivity index (χ3v) is 5.14. The number of nitro benzene ring substituents is 1. The number of carbonyl (C=O) groups excluding carboxylic acids is 1. The first kappa shape index (κ1) is 18.5. The zero-order valence-corrected chi connectivity index (χ0v) is 16.1. The van der Waals surface area contributed by atoms with E-state index < -0.39 is 10.8 Å². The lowest BCUT2D eigenvalue weighted by molar-refractivity contribution is -0.385. The van der Waals surface area contributed by atoms with Crippen molar-refractivity contribution in [3.05, 3.63) is 87.7 Å². The van der Waals surface area contributed by atoms with E-state index in [0.29, 0.717) is 16.3 Å². The van der Waals surface area contributed by atoms with Crippen molar-refractivity contribution in [2.75, 3.05) is 5.32 Å². The molecule has 0 fully saturated rings. The number of nitrogens with zero attached hydrogens (tertiary/aromatic N) is 4. The molecule has 8 nitrogen and oxygen atoms in total. The predicted octanol–water partition coefficient (Wildman–Crippen LogP) is 4.46. The highest BCUT2D eigenvalue weighted by Gasteiger charge is 2.16. The third kappa shape index (κ3) is 3.90. The molecule has 0 unspecified atom stereocenters. The van der Waals surface area contributed by atoms with Crippen LogP contribution in [-0.2, 0) is 0 Å². The van der Waals surface area contributed by atoms with Gasteiger partial charge in [0.15, 0.2) is 0 Å². The van der Waals surface area contributed by atoms with Gasteiger partial charge < -0.3 is 5.32 Å². The number of hydrogen-bond donors (Lipinski definition) is 1. The van der Waals surface area contributed by atoms with Gasteiger partial charge in [-0.15, -0.1) is 11.3 Å². The molecule has 1 N–H and O–H groups in total. The second-order valence-electron chi connectivity index (χ2n) is 6.26. The maximum absolute atomic E-state index is 12.5. The van der Waals surface area contributed by atoms with Crippen molar-refractivity contribution in [1.82, 2.24) is 14.8 Å². The molecule has 0 saturated carbocycles. The maximum atomic E-state index is 12.5. The van der Waals surface area contributed by atoms with Gasteiger partial charge in [-0.25, -0.2) is 9.67 Å². The Balaban J connectivity index is 1.52. The van der Waals surface area contributed by atoms with Gasteiger partial charge in [-0.1, -0.05) is 24.3 Å². The molecule has 0 spiro atoms. The first-order valence-electron chi connectivity index (χ1n) is 8.63. The van der Waals surface area contributed by atoms with Crippen LogP contribution in [0.2, 0.25) is 0 Å². The molecule has 0 aliphatic heterocycles. The van der Waals surface area contributed by atoms with Gasteiger partial charge in [-0.3, -0.25) is 14.9 Å². The molecular formula is C20H15N5O3S. The van der Waals surface area contributed by atoms with Crippen LogP contribution in [0.5, 0.6) is 0 Å². The predicted molar refractivity (Wildman–Crippen MR) is 110 cm³/mol. The molecule has 4 aromatic rings. The molecule has 4 rings (SSSR count). The summed E-state index contributed by atoms with van der Waals surface area (Å²) in [5.41, 5.74) is 2.78. The zero-order chi connectivity index (χ0) is 20.4. The smallest absolute Gasteiger partial charge is 0.275 e. The van der Waals surface area contributed by atoms with E-state index in [-0.39, 0.29) is 11.4 Å². The minimum absolute atomic E-state index is 0.0462. The summed E-state index contributed by atoms with van der Waals surface area (Å²) in [5, 5.41) is 20.4. The van der Waals surface area contributed by atoms with Crippen molar-refractivity contribution >= 4 is 28.6 Å². The van der Waals surface area contributed by atoms with Crippen LogP contribution in [0.25, 0.3) is 16.3 Å². The first-order chi connectivity index (χ1) is 14.0. The molecule has 0 aliphatic rings. The first-order valence-corrected chi connectivity index (χ1v) is 9.51. The monoisotopic (exact) mass is 405 g/mol. The number of anilines is 1. The van der Waals surface area contributed by atoms with Gasteiger partial charge >= 0.3 is 0 Å². The van der Waals surface area contributed by atoms with Gasteiger partial charge in [0.2, 0.25) is 0 Å². The normalized spacial score (nSPS) is 10.7. The number of hydrogen-bond acceptors (Lipinski definition) is 6. The van der Waals surface area contributed by atoms with E-state index in [2.05, 4.69) is 15.4 Å². The average Bonchev–Trinajstić information content (AvgIpc) is 3.39. The number of thiazole rings is 1. The Kier molecular flexibility index (Phi) is 4.88. The molecular weight excluding hydrogens is 390 g/mol. The standard InChI is InChI=1S/C20H15N5O3S/c1-13-7-8-15(9-18(13)25(27)28)22-19(26)17-12-29-20(23-17)14-10-21-24(11-14)16-5-3-2-4-6-16/h2-12H,1H3,(H,22,26). The Morgan fingerprint density at radius 1 is 1.21 bits per heavy atom. The summed E-state index contributed by atoms with van der Waals surface area (Å²) in [6, 6.07) is 14.2. The lowest BCUT2D eigenvalue weighted by atomic mass is 10.2. The quantitative estimate of drug-likeness (QED) is 0.390. The van der Waals surface area contributed by atoms with Crippen molar-refractivity contribution in [2.24, 2.45) is 0 Å². The number of para-hydroxylation sites is 1. The van der Waals surface area contributed by atoms with Crippen molar-refractivity contribution in [3.63, 3.8) is 0 Å². The molecule has 144 valence electrons. The van der Waals surface area contributed by atoms with E-state index in [1.165, 1.54) is 17.4 Å². The second kappa shape index (κ2) is 7.64. The minimum Gasteiger partial charge on any atom is -0.320 e. The Labute approximate surface area is 169 Å². The molecule has 0 saturated heterocycles. The highest BCUT2D eigenvalue weighted by Crippen LogP contribution is 2.26. The summed E-state index contributed by atoms with van der Waals surface area (Å²) in [6.07, 6.45) is 3.54. The number of aryl methyl sites for hydroxylation is 1. The van der Waals surface area contributed by atoms with Crippen LogP contribution in [0, 0.1) is 17.0 Å². The summed E-state index contributed by atoms with van der Waals surface area (Å²) >= 11 is 1.33. The van der Waals surface area contributed by atoms with E-state index in [9.17, 15) is 14.9 Å². The van der Waals surface area contributed by atoms with E-state index in [1.54, 1.807) is 35.3 Å². The highest BCUT2D eigenvalue weighted by molar-refractivity contribution is 7.13. The number of benzene rings is 2. The lowest BCUT2D eigenvalue weighted by Crippen LogP contribution is -2.12. The van der Waals surface area contributed by atoms with Crippen LogP contribution in [-0.4, -0.2) is 25.6 Å². The van der Waals surface area contributed by atoms with E-state index in [1.807, 2.05) is 36.5 Å². The number of nitrogens with one attached hydrogen (secondary N) is 1. The Morgan fingerprint density at radius 3 is 2.76 bits per heavy atom. The van der Waals surface area contributed by atoms with E-state index in [4.69, 9.17) is 0 Å². The van der Waals surface area contributed by atoms with Gasteiger partial charge in [0.05, 0.1) is 16.8 Å². The van der Waals surface area contributed by atoms with Crippen LogP contribution >= 0.6 is 11.3 Å². The summed E-state index contributed by atoms with van der Waals surface area (Å²) in [4.78, 5) is 27.5. The van der Waals surface area contributed by atoms with Gasteiger partial charge in [0.1, 0.15) is 10.7 Å². The van der Waals surface area contributed by atoms with Crippen molar-refractivity contribution in [3.8, 4) is 16.3 Å². The van der Waals surface area contributed by atoms with Gasteiger partial charge in [0.25, 0.3) is 11.6 Å². The topological polar surface area (TPSA) is 103 Å². The largest absolute Gasteiger partial charge is 0.320 e. The fraction of sp³-hybridized carbons (Fsp3) is 0.0500. The van der Waals surface area contributed by atoms with Crippen LogP contribution in [0.15, 0.2) is 66.3 Å². The Bertz CT molecular complexity index is 1200. The lowest BCUT2D eigenvalue weighted by Gasteiger charge is -2.04. The van der Waals surface area contributed by atoms with Crippen molar-refractivity contribution in [1.29, 1.82) is 0 Å². The molecule has 0 bridgehead atoms. The molecule has 29 heavy (non-hydrogen) atoms. The van der Waals surface area contributed by atoms with Crippen molar-refractivity contribution in [2.45, 2.75) is 6.92 Å². The number of amides is 1. The zero-order valence-electron chi connectivity index (χ0n) is 15.3. The summed E-state index contributed by atoms with van der Waals surface area (Å²) in [7, 11) is 0. The van der Waals surface area contributed by atoms with E-state index in [0.717, 1.165) is 11.3 Å². The van der Waals surface area contributed by atoms with Crippen LogP contribution in [0.3, 0.4) is 0 Å². The van der Waals surface area contributed by atoms with Gasteiger partial charge in [-0.05, 0) is 25.1 Å². The average molecular weight is 405 g/mol. The summed E-state index contributed by atoms with van der Waals surface area (Å²) < 4.78 is 1.74. The molecule has 1 amide bonds. The van der Waals surface area contributed by atoms with Gasteiger partial charge in [-0.2, -0.15) is 5.10 Å². The fourth-order valence-corrected chi connectivity index (χ4v) is 3.52. The molecule has 0 aliphatic carbocycles. The van der Waals surface area contributed by atoms with Gasteiger partial charge in [0, 0.05) is 34.5 Å². The van der Waals surface area contributed by atoms with E-state index >= 15 is 0 Å². The maximum Gasteiger partial charge on any atom is 0.275 e. The molecule has 2 aromatic carbocycles. The summed E-state index contributed by atoms with van der Waals surface area (Å²) in [5.74, 6) is -0.430.